The average molecular weight is 251 g/mol. The van der Waals surface area contributed by atoms with Gasteiger partial charge in [0.2, 0.25) is 0 Å². The number of aryl methyl sites for hydroxylation is 2. The van der Waals surface area contributed by atoms with E-state index in [2.05, 4.69) is 46.2 Å². The summed E-state index contributed by atoms with van der Waals surface area (Å²) >= 11 is 3.50. The van der Waals surface area contributed by atoms with Gasteiger partial charge in [0.05, 0.1) is 4.47 Å². The Bertz CT molecular complexity index is 460. The quantitative estimate of drug-likeness (QED) is 0.761. The van der Waals surface area contributed by atoms with Crippen molar-refractivity contribution in [2.75, 3.05) is 0 Å². The van der Waals surface area contributed by atoms with Gasteiger partial charge in [-0.05, 0) is 28.9 Å². The van der Waals surface area contributed by atoms with Gasteiger partial charge in [-0.3, -0.25) is 4.68 Å². The van der Waals surface area contributed by atoms with Gasteiger partial charge in [0.25, 0.3) is 0 Å². The summed E-state index contributed by atoms with van der Waals surface area (Å²) in [6, 6.07) is 8.33. The van der Waals surface area contributed by atoms with Crippen molar-refractivity contribution in [1.29, 1.82) is 0 Å². The monoisotopic (exact) mass is 250 g/mol. The number of nitrogens with zero attached hydrogens (tertiary/aromatic N) is 2. The maximum Gasteiger partial charge on any atom is 0.106 e. The highest BCUT2D eigenvalue weighted by atomic mass is 79.9. The van der Waals surface area contributed by atoms with Crippen molar-refractivity contribution in [3.8, 4) is 11.3 Å². The number of aromatic nitrogens is 2. The summed E-state index contributed by atoms with van der Waals surface area (Å²) in [5.74, 6) is 0. The largest absolute Gasteiger partial charge is 0.274 e. The molecule has 3 heteroatoms. The van der Waals surface area contributed by atoms with Crippen LogP contribution in [0.15, 0.2) is 34.9 Å². The summed E-state index contributed by atoms with van der Waals surface area (Å²) in [4.78, 5) is 0. The summed E-state index contributed by atoms with van der Waals surface area (Å²) in [6.45, 7) is 2.08. The van der Waals surface area contributed by atoms with Gasteiger partial charge in [0, 0.05) is 18.8 Å². The van der Waals surface area contributed by atoms with Gasteiger partial charge in [-0.1, -0.05) is 23.8 Å². The molecule has 0 N–H and O–H groups in total. The summed E-state index contributed by atoms with van der Waals surface area (Å²) in [7, 11) is 1.92. The lowest BCUT2D eigenvalue weighted by atomic mass is 10.1. The smallest absolute Gasteiger partial charge is 0.106 e. The zero-order valence-corrected chi connectivity index (χ0v) is 9.75. The Hall–Kier alpha value is -1.09. The third kappa shape index (κ3) is 1.73. The summed E-state index contributed by atoms with van der Waals surface area (Å²) in [5, 5.41) is 4.39. The van der Waals surface area contributed by atoms with Crippen molar-refractivity contribution in [2.45, 2.75) is 6.92 Å². The van der Waals surface area contributed by atoms with Crippen LogP contribution in [0.1, 0.15) is 5.56 Å². The maximum atomic E-state index is 4.39. The Balaban J connectivity index is 2.54. The SMILES string of the molecule is Cc1cccc(-c2nn(C)cc2Br)c1. The normalized spacial score (nSPS) is 10.5. The maximum absolute atomic E-state index is 4.39. The summed E-state index contributed by atoms with van der Waals surface area (Å²) < 4.78 is 2.84. The molecule has 0 spiro atoms. The van der Waals surface area contributed by atoms with Crippen LogP contribution in [0, 0.1) is 6.92 Å². The van der Waals surface area contributed by atoms with Crippen molar-refractivity contribution in [1.82, 2.24) is 9.78 Å². The van der Waals surface area contributed by atoms with Crippen molar-refractivity contribution in [2.24, 2.45) is 7.05 Å². The molecule has 1 heterocycles. The second-order valence-corrected chi connectivity index (χ2v) is 4.22. The molecule has 0 saturated heterocycles. The minimum atomic E-state index is 0.996. The molecule has 0 aliphatic rings. The fourth-order valence-corrected chi connectivity index (χ4v) is 2.05. The molecule has 0 atom stereocenters. The predicted molar refractivity (Wildman–Crippen MR) is 61.1 cm³/mol. The van der Waals surface area contributed by atoms with E-state index in [0.717, 1.165) is 15.7 Å². The molecule has 0 aliphatic carbocycles. The minimum Gasteiger partial charge on any atom is -0.274 e. The minimum absolute atomic E-state index is 0.996. The van der Waals surface area contributed by atoms with E-state index in [4.69, 9.17) is 0 Å². The van der Waals surface area contributed by atoms with Crippen LogP contribution in [0.3, 0.4) is 0 Å². The van der Waals surface area contributed by atoms with Crippen molar-refractivity contribution in [3.05, 3.63) is 40.5 Å². The van der Waals surface area contributed by atoms with Crippen LogP contribution in [0.25, 0.3) is 11.3 Å². The van der Waals surface area contributed by atoms with E-state index >= 15 is 0 Å². The molecule has 14 heavy (non-hydrogen) atoms. The molecule has 2 nitrogen and oxygen atoms in total. The van der Waals surface area contributed by atoms with E-state index in [-0.39, 0.29) is 0 Å². The highest BCUT2D eigenvalue weighted by Crippen LogP contribution is 2.26. The van der Waals surface area contributed by atoms with Gasteiger partial charge in [-0.15, -0.1) is 0 Å². The van der Waals surface area contributed by atoms with E-state index in [0.29, 0.717) is 0 Å². The first-order valence-corrected chi connectivity index (χ1v) is 5.22. The van der Waals surface area contributed by atoms with Crippen LogP contribution in [-0.2, 0) is 7.05 Å². The number of halogens is 1. The number of hydrogen-bond donors (Lipinski definition) is 0. The van der Waals surface area contributed by atoms with Gasteiger partial charge < -0.3 is 0 Å². The molecular weight excluding hydrogens is 240 g/mol. The second-order valence-electron chi connectivity index (χ2n) is 3.37. The molecule has 0 aliphatic heterocycles. The fourth-order valence-electron chi connectivity index (χ4n) is 1.45. The lowest BCUT2D eigenvalue weighted by Gasteiger charge is -1.98. The Kier molecular flexibility index (Phi) is 2.42. The highest BCUT2D eigenvalue weighted by molar-refractivity contribution is 9.10. The molecule has 2 rings (SSSR count). The number of rotatable bonds is 1. The van der Waals surface area contributed by atoms with Crippen molar-refractivity contribution < 1.29 is 0 Å². The van der Waals surface area contributed by atoms with Crippen LogP contribution in [-0.4, -0.2) is 9.78 Å². The third-order valence-electron chi connectivity index (χ3n) is 2.08. The number of hydrogen-bond acceptors (Lipinski definition) is 1. The molecule has 72 valence electrons. The first-order chi connectivity index (χ1) is 6.66. The van der Waals surface area contributed by atoms with Gasteiger partial charge in [0.1, 0.15) is 5.69 Å². The Morgan fingerprint density at radius 3 is 2.71 bits per heavy atom. The molecule has 0 fully saturated rings. The molecule has 0 amide bonds. The Morgan fingerprint density at radius 2 is 2.14 bits per heavy atom. The van der Waals surface area contributed by atoms with E-state index in [1.165, 1.54) is 5.56 Å². The van der Waals surface area contributed by atoms with E-state index < -0.39 is 0 Å². The van der Waals surface area contributed by atoms with Crippen LogP contribution >= 0.6 is 15.9 Å². The molecular formula is C11H11BrN2. The average Bonchev–Trinajstić information content (AvgIpc) is 2.45. The zero-order valence-electron chi connectivity index (χ0n) is 8.16. The van der Waals surface area contributed by atoms with Gasteiger partial charge >= 0.3 is 0 Å². The standard InChI is InChI=1S/C11H11BrN2/c1-8-4-3-5-9(6-8)11-10(12)7-14(2)13-11/h3-7H,1-2H3. The van der Waals surface area contributed by atoms with Crippen LogP contribution < -0.4 is 0 Å². The first kappa shape index (κ1) is 9.46. The van der Waals surface area contributed by atoms with Crippen molar-refractivity contribution in [3.63, 3.8) is 0 Å². The molecule has 0 radical (unpaired) electrons. The number of benzene rings is 1. The fraction of sp³-hybridized carbons (Fsp3) is 0.182. The highest BCUT2D eigenvalue weighted by Gasteiger charge is 2.06. The van der Waals surface area contributed by atoms with E-state index in [1.807, 2.05) is 24.0 Å². The first-order valence-electron chi connectivity index (χ1n) is 4.43. The zero-order chi connectivity index (χ0) is 10.1. The molecule has 0 unspecified atom stereocenters. The van der Waals surface area contributed by atoms with Crippen LogP contribution in [0.4, 0.5) is 0 Å². The predicted octanol–water partition coefficient (Wildman–Crippen LogP) is 3.16. The van der Waals surface area contributed by atoms with Gasteiger partial charge in [-0.25, -0.2) is 0 Å². The molecule has 1 aromatic carbocycles. The third-order valence-corrected chi connectivity index (χ3v) is 2.66. The van der Waals surface area contributed by atoms with E-state index in [9.17, 15) is 0 Å². The lowest BCUT2D eigenvalue weighted by Crippen LogP contribution is -1.87. The topological polar surface area (TPSA) is 17.8 Å². The summed E-state index contributed by atoms with van der Waals surface area (Å²) in [5.41, 5.74) is 3.40. The summed E-state index contributed by atoms with van der Waals surface area (Å²) in [6.07, 6.45) is 1.96. The van der Waals surface area contributed by atoms with Gasteiger partial charge in [0.15, 0.2) is 0 Å². The van der Waals surface area contributed by atoms with Crippen LogP contribution in [0.5, 0.6) is 0 Å². The van der Waals surface area contributed by atoms with Crippen molar-refractivity contribution >= 4 is 15.9 Å². The van der Waals surface area contributed by atoms with Crippen LogP contribution in [0.2, 0.25) is 0 Å². The molecule has 2 aromatic rings. The Labute approximate surface area is 91.7 Å². The molecule has 0 bridgehead atoms. The van der Waals surface area contributed by atoms with E-state index in [1.54, 1.807) is 0 Å². The second kappa shape index (κ2) is 3.58. The lowest BCUT2D eigenvalue weighted by molar-refractivity contribution is 0.770. The molecule has 1 aromatic heterocycles. The molecule has 0 saturated carbocycles. The van der Waals surface area contributed by atoms with Gasteiger partial charge in [-0.2, -0.15) is 5.10 Å². The Morgan fingerprint density at radius 1 is 1.36 bits per heavy atom.